The molecular weight excluding hydrogens is 215 g/mol. The number of carbonyl (C=O) groups excluding carboxylic acids is 1. The highest BCUT2D eigenvalue weighted by molar-refractivity contribution is 7.28. The molecule has 1 nitrogen and oxygen atoms in total. The number of ketones is 1. The van der Waals surface area contributed by atoms with E-state index in [1.165, 1.54) is 40.3 Å². The fourth-order valence-electron chi connectivity index (χ4n) is 2.47. The zero-order valence-electron chi connectivity index (χ0n) is 9.69. The molecule has 0 aromatic carbocycles. The molecule has 0 bridgehead atoms. The SMILES string of the molecule is O=C(c1ccpcc1)C1CCCCCCC1. The maximum atomic E-state index is 12.3. The van der Waals surface area contributed by atoms with Gasteiger partial charge in [-0.05, 0) is 36.6 Å². The summed E-state index contributed by atoms with van der Waals surface area (Å²) in [5.74, 6) is 4.77. The van der Waals surface area contributed by atoms with Crippen molar-refractivity contribution in [2.75, 3.05) is 0 Å². The fraction of sp³-hybridized carbons (Fsp3) is 0.571. The molecule has 1 fully saturated rings. The Bertz CT molecular complexity index is 326. The van der Waals surface area contributed by atoms with Crippen LogP contribution in [0, 0.1) is 5.92 Å². The molecule has 1 heterocycles. The lowest BCUT2D eigenvalue weighted by atomic mass is 9.86. The van der Waals surface area contributed by atoms with E-state index >= 15 is 0 Å². The molecule has 16 heavy (non-hydrogen) atoms. The molecule has 0 radical (unpaired) electrons. The molecule has 2 rings (SSSR count). The molecule has 0 saturated heterocycles. The van der Waals surface area contributed by atoms with Crippen LogP contribution in [0.25, 0.3) is 0 Å². The molecule has 0 unspecified atom stereocenters. The monoisotopic (exact) mass is 234 g/mol. The van der Waals surface area contributed by atoms with Crippen molar-refractivity contribution < 1.29 is 4.79 Å². The molecule has 0 spiro atoms. The van der Waals surface area contributed by atoms with E-state index in [9.17, 15) is 4.79 Å². The Kier molecular flexibility index (Phi) is 4.54. The van der Waals surface area contributed by atoms with Gasteiger partial charge in [0.2, 0.25) is 0 Å². The van der Waals surface area contributed by atoms with Gasteiger partial charge in [0.25, 0.3) is 0 Å². The van der Waals surface area contributed by atoms with E-state index in [2.05, 4.69) is 11.6 Å². The normalized spacial score (nSPS) is 18.8. The van der Waals surface area contributed by atoms with Gasteiger partial charge in [-0.15, -0.1) is 0 Å². The Hall–Kier alpha value is -0.680. The van der Waals surface area contributed by atoms with Crippen LogP contribution in [0.4, 0.5) is 0 Å². The average Bonchev–Trinajstić information content (AvgIpc) is 2.29. The number of Topliss-reactive ketones (excluding diaryl/α,β-unsaturated/α-hetero) is 1. The van der Waals surface area contributed by atoms with E-state index in [0.29, 0.717) is 11.7 Å². The lowest BCUT2D eigenvalue weighted by Crippen LogP contribution is -2.16. The molecular formula is C14H19OP. The third-order valence-corrected chi connectivity index (χ3v) is 4.08. The van der Waals surface area contributed by atoms with E-state index in [1.807, 2.05) is 12.1 Å². The van der Waals surface area contributed by atoms with E-state index in [4.69, 9.17) is 0 Å². The molecule has 2 heteroatoms. The van der Waals surface area contributed by atoms with Crippen molar-refractivity contribution in [1.29, 1.82) is 0 Å². The van der Waals surface area contributed by atoms with Crippen LogP contribution in [0.15, 0.2) is 23.7 Å². The van der Waals surface area contributed by atoms with Gasteiger partial charge < -0.3 is 0 Å². The summed E-state index contributed by atoms with van der Waals surface area (Å²) in [4.78, 5) is 12.3. The Morgan fingerprint density at radius 1 is 1.00 bits per heavy atom. The highest BCUT2D eigenvalue weighted by atomic mass is 31.0. The molecule has 1 aliphatic carbocycles. The number of hydrogen-bond acceptors (Lipinski definition) is 1. The molecule has 0 amide bonds. The fourth-order valence-corrected chi connectivity index (χ4v) is 3.06. The summed E-state index contributed by atoms with van der Waals surface area (Å²) in [6.07, 6.45) is 8.64. The summed E-state index contributed by atoms with van der Waals surface area (Å²) in [5.41, 5.74) is 0.921. The molecule has 1 aliphatic rings. The van der Waals surface area contributed by atoms with Crippen molar-refractivity contribution in [3.8, 4) is 0 Å². The largest absolute Gasteiger partial charge is 0.294 e. The minimum absolute atomic E-state index is 0.291. The first kappa shape index (κ1) is 11.8. The van der Waals surface area contributed by atoms with Crippen LogP contribution >= 0.6 is 8.19 Å². The highest BCUT2D eigenvalue weighted by Gasteiger charge is 2.20. The van der Waals surface area contributed by atoms with E-state index in [-0.39, 0.29) is 0 Å². The van der Waals surface area contributed by atoms with E-state index in [1.54, 1.807) is 0 Å². The van der Waals surface area contributed by atoms with Gasteiger partial charge in [0.05, 0.1) is 0 Å². The van der Waals surface area contributed by atoms with Crippen LogP contribution < -0.4 is 0 Å². The first-order valence-corrected chi connectivity index (χ1v) is 7.35. The van der Waals surface area contributed by atoms with Crippen molar-refractivity contribution >= 4 is 14.0 Å². The second-order valence-electron chi connectivity index (χ2n) is 4.64. The van der Waals surface area contributed by atoms with Gasteiger partial charge in [-0.3, -0.25) is 4.79 Å². The van der Waals surface area contributed by atoms with Gasteiger partial charge in [-0.2, -0.15) is 0 Å². The second-order valence-corrected chi connectivity index (χ2v) is 5.54. The van der Waals surface area contributed by atoms with Gasteiger partial charge in [0, 0.05) is 11.5 Å². The minimum Gasteiger partial charge on any atom is -0.294 e. The topological polar surface area (TPSA) is 17.1 Å². The van der Waals surface area contributed by atoms with Gasteiger partial charge in [0.15, 0.2) is 5.78 Å². The molecule has 1 aromatic heterocycles. The van der Waals surface area contributed by atoms with Gasteiger partial charge in [-0.25, -0.2) is 0 Å². The Morgan fingerprint density at radius 2 is 1.56 bits per heavy atom. The second kappa shape index (κ2) is 6.15. The molecule has 1 saturated carbocycles. The van der Waals surface area contributed by atoms with E-state index < -0.39 is 0 Å². The first-order chi connectivity index (χ1) is 7.88. The molecule has 0 atom stereocenters. The first-order valence-electron chi connectivity index (χ1n) is 6.32. The van der Waals surface area contributed by atoms with Crippen molar-refractivity contribution in [2.45, 2.75) is 44.9 Å². The summed E-state index contributed by atoms with van der Waals surface area (Å²) >= 11 is 0. The maximum absolute atomic E-state index is 12.3. The third-order valence-electron chi connectivity index (χ3n) is 3.44. The van der Waals surface area contributed by atoms with Crippen LogP contribution in [0.2, 0.25) is 0 Å². The maximum Gasteiger partial charge on any atom is 0.165 e. The summed E-state index contributed by atoms with van der Waals surface area (Å²) in [5, 5.41) is 0. The lowest BCUT2D eigenvalue weighted by molar-refractivity contribution is 0.0898. The van der Waals surface area contributed by atoms with Crippen molar-refractivity contribution in [3.63, 3.8) is 0 Å². The van der Waals surface area contributed by atoms with Crippen molar-refractivity contribution in [1.82, 2.24) is 0 Å². The van der Waals surface area contributed by atoms with Crippen LogP contribution in [-0.2, 0) is 0 Å². The highest BCUT2D eigenvalue weighted by Crippen LogP contribution is 2.25. The van der Waals surface area contributed by atoms with Crippen LogP contribution in [-0.4, -0.2) is 5.78 Å². The van der Waals surface area contributed by atoms with E-state index in [0.717, 1.165) is 18.4 Å². The Labute approximate surface area is 99.4 Å². The zero-order valence-corrected chi connectivity index (χ0v) is 10.6. The quantitative estimate of drug-likeness (QED) is 0.671. The zero-order chi connectivity index (χ0) is 11.2. The summed E-state index contributed by atoms with van der Waals surface area (Å²) < 4.78 is 0. The van der Waals surface area contributed by atoms with Gasteiger partial charge in [0.1, 0.15) is 0 Å². The molecule has 1 aromatic rings. The minimum atomic E-state index is 0.291. The van der Waals surface area contributed by atoms with Crippen LogP contribution in [0.1, 0.15) is 55.3 Å². The van der Waals surface area contributed by atoms with Crippen LogP contribution in [0.5, 0.6) is 0 Å². The smallest absolute Gasteiger partial charge is 0.165 e. The predicted molar refractivity (Wildman–Crippen MR) is 69.1 cm³/mol. The number of rotatable bonds is 2. The Balaban J connectivity index is 2.02. The summed E-state index contributed by atoms with van der Waals surface area (Å²) in [6.45, 7) is 0. The third kappa shape index (κ3) is 3.15. The Morgan fingerprint density at radius 3 is 2.19 bits per heavy atom. The van der Waals surface area contributed by atoms with Crippen molar-refractivity contribution in [2.24, 2.45) is 5.92 Å². The number of carbonyl (C=O) groups is 1. The average molecular weight is 234 g/mol. The molecule has 86 valence electrons. The lowest BCUT2D eigenvalue weighted by Gasteiger charge is -2.18. The van der Waals surface area contributed by atoms with Crippen molar-refractivity contribution in [3.05, 3.63) is 29.3 Å². The predicted octanol–water partition coefficient (Wildman–Crippen LogP) is 4.81. The van der Waals surface area contributed by atoms with Gasteiger partial charge in [-0.1, -0.05) is 40.3 Å². The van der Waals surface area contributed by atoms with Gasteiger partial charge >= 0.3 is 0 Å². The van der Waals surface area contributed by atoms with Crippen LogP contribution in [0.3, 0.4) is 0 Å². The summed E-state index contributed by atoms with van der Waals surface area (Å²) in [6, 6.07) is 3.98. The summed E-state index contributed by atoms with van der Waals surface area (Å²) in [7, 11) is 1.19. The molecule has 0 N–H and O–H groups in total. The number of hydrogen-bond donors (Lipinski definition) is 0. The molecule has 0 aliphatic heterocycles. The standard InChI is InChI=1S/C14H19OP/c15-14(13-8-10-16-11-9-13)12-6-4-2-1-3-5-7-12/h8-12H,1-7H2.